The van der Waals surface area contributed by atoms with E-state index in [1.54, 1.807) is 17.0 Å². The summed E-state index contributed by atoms with van der Waals surface area (Å²) in [5.74, 6) is 1.61. The number of halogens is 1. The number of carbonyl (C=O) groups is 1. The Morgan fingerprint density at radius 1 is 1.10 bits per heavy atom. The molecular formula is C20H20FN5O3. The highest BCUT2D eigenvalue weighted by Crippen LogP contribution is 2.39. The second-order valence-corrected chi connectivity index (χ2v) is 7.44. The molecule has 3 heterocycles. The summed E-state index contributed by atoms with van der Waals surface area (Å²) >= 11 is 0. The predicted molar refractivity (Wildman–Crippen MR) is 99.4 cm³/mol. The van der Waals surface area contributed by atoms with Crippen molar-refractivity contribution >= 4 is 5.91 Å². The molecule has 0 N–H and O–H groups in total. The van der Waals surface area contributed by atoms with Crippen molar-refractivity contribution in [2.75, 3.05) is 26.2 Å². The molecule has 150 valence electrons. The summed E-state index contributed by atoms with van der Waals surface area (Å²) < 4.78 is 23.8. The number of nitrogens with zero attached hydrogens (tertiary/aromatic N) is 5. The van der Waals surface area contributed by atoms with Crippen molar-refractivity contribution in [1.82, 2.24) is 24.9 Å². The molecule has 1 aliphatic heterocycles. The molecule has 2 aliphatic rings. The van der Waals surface area contributed by atoms with E-state index in [0.29, 0.717) is 67.5 Å². The van der Waals surface area contributed by atoms with Gasteiger partial charge in [0, 0.05) is 37.7 Å². The van der Waals surface area contributed by atoms with Crippen LogP contribution in [0.2, 0.25) is 0 Å². The fraction of sp³-hybridized carbons (Fsp3) is 0.400. The second kappa shape index (κ2) is 7.40. The average Bonchev–Trinajstić information content (AvgIpc) is 3.29. The van der Waals surface area contributed by atoms with Gasteiger partial charge in [-0.2, -0.15) is 4.98 Å². The van der Waals surface area contributed by atoms with Crippen molar-refractivity contribution in [2.45, 2.75) is 25.3 Å². The third-order valence-electron chi connectivity index (χ3n) is 5.25. The van der Waals surface area contributed by atoms with Crippen LogP contribution >= 0.6 is 0 Å². The number of piperazine rings is 1. The van der Waals surface area contributed by atoms with E-state index >= 15 is 0 Å². The van der Waals surface area contributed by atoms with Crippen LogP contribution < -0.4 is 0 Å². The predicted octanol–water partition coefficient (Wildman–Crippen LogP) is 2.70. The highest BCUT2D eigenvalue weighted by atomic mass is 19.1. The first-order valence-corrected chi connectivity index (χ1v) is 9.71. The van der Waals surface area contributed by atoms with Gasteiger partial charge < -0.3 is 13.8 Å². The van der Waals surface area contributed by atoms with Gasteiger partial charge in [-0.3, -0.25) is 9.69 Å². The van der Waals surface area contributed by atoms with E-state index in [1.807, 2.05) is 0 Å². The zero-order valence-corrected chi connectivity index (χ0v) is 15.8. The van der Waals surface area contributed by atoms with Crippen molar-refractivity contribution in [2.24, 2.45) is 0 Å². The lowest BCUT2D eigenvalue weighted by Gasteiger charge is -2.33. The quantitative estimate of drug-likeness (QED) is 0.654. The maximum atomic E-state index is 13.0. The van der Waals surface area contributed by atoms with Crippen LogP contribution in [0.25, 0.3) is 11.5 Å². The van der Waals surface area contributed by atoms with Crippen LogP contribution in [0.1, 0.15) is 41.0 Å². The number of oxazole rings is 1. The standard InChI is InChI=1S/C20H20FN5O3/c21-15-5-3-14(4-6-15)19-23-17(24-29-19)11-25-7-9-26(10-8-25)20(27)16-12-28-18(22-16)13-1-2-13/h3-6,12-13H,1-2,7-11H2. The van der Waals surface area contributed by atoms with Gasteiger partial charge in [0.15, 0.2) is 17.4 Å². The minimum atomic E-state index is -0.310. The lowest BCUT2D eigenvalue weighted by Crippen LogP contribution is -2.48. The van der Waals surface area contributed by atoms with Gasteiger partial charge in [-0.15, -0.1) is 0 Å². The Balaban J connectivity index is 1.16. The first-order chi connectivity index (χ1) is 14.2. The zero-order chi connectivity index (χ0) is 19.8. The molecule has 8 nitrogen and oxygen atoms in total. The van der Waals surface area contributed by atoms with Crippen molar-refractivity contribution in [3.63, 3.8) is 0 Å². The number of aromatic nitrogens is 3. The topological polar surface area (TPSA) is 88.5 Å². The Morgan fingerprint density at radius 2 is 1.86 bits per heavy atom. The van der Waals surface area contributed by atoms with E-state index in [-0.39, 0.29) is 11.7 Å². The minimum absolute atomic E-state index is 0.0848. The Hall–Kier alpha value is -3.07. The fourth-order valence-corrected chi connectivity index (χ4v) is 3.40. The molecule has 1 amide bonds. The van der Waals surface area contributed by atoms with E-state index in [9.17, 15) is 9.18 Å². The molecule has 1 saturated heterocycles. The highest BCUT2D eigenvalue weighted by molar-refractivity contribution is 5.92. The molecule has 2 fully saturated rings. The molecule has 9 heteroatoms. The van der Waals surface area contributed by atoms with Crippen LogP contribution in [-0.4, -0.2) is 57.0 Å². The van der Waals surface area contributed by atoms with Gasteiger partial charge in [0.05, 0.1) is 6.54 Å². The summed E-state index contributed by atoms with van der Waals surface area (Å²) in [5.41, 5.74) is 1.07. The number of hydrogen-bond donors (Lipinski definition) is 0. The van der Waals surface area contributed by atoms with Crippen molar-refractivity contribution in [3.05, 3.63) is 53.8 Å². The Bertz CT molecular complexity index is 1000. The Kier molecular flexibility index (Phi) is 4.59. The molecular weight excluding hydrogens is 377 g/mol. The third kappa shape index (κ3) is 3.91. The molecule has 1 saturated carbocycles. The van der Waals surface area contributed by atoms with Gasteiger partial charge in [-0.1, -0.05) is 5.16 Å². The first-order valence-electron chi connectivity index (χ1n) is 9.71. The molecule has 1 aliphatic carbocycles. The normalized spacial score (nSPS) is 17.6. The van der Waals surface area contributed by atoms with Crippen molar-refractivity contribution in [3.8, 4) is 11.5 Å². The fourth-order valence-electron chi connectivity index (χ4n) is 3.40. The van der Waals surface area contributed by atoms with E-state index in [1.165, 1.54) is 18.4 Å². The Labute approximate surface area is 166 Å². The third-order valence-corrected chi connectivity index (χ3v) is 5.25. The Morgan fingerprint density at radius 3 is 2.59 bits per heavy atom. The SMILES string of the molecule is O=C(c1coc(C2CC2)n1)N1CCN(Cc2noc(-c3ccc(F)cc3)n2)CC1. The van der Waals surface area contributed by atoms with Crippen LogP contribution in [0.15, 0.2) is 39.5 Å². The molecule has 1 aromatic carbocycles. The summed E-state index contributed by atoms with van der Waals surface area (Å²) in [4.78, 5) is 25.3. The number of rotatable bonds is 5. The summed E-state index contributed by atoms with van der Waals surface area (Å²) in [6, 6.07) is 5.93. The summed E-state index contributed by atoms with van der Waals surface area (Å²) in [5, 5.41) is 4.01. The van der Waals surface area contributed by atoms with Crippen LogP contribution in [0.3, 0.4) is 0 Å². The number of carbonyl (C=O) groups excluding carboxylic acids is 1. The number of amides is 1. The zero-order valence-electron chi connectivity index (χ0n) is 15.8. The van der Waals surface area contributed by atoms with Gasteiger partial charge in [0.25, 0.3) is 11.8 Å². The van der Waals surface area contributed by atoms with Gasteiger partial charge in [-0.25, -0.2) is 9.37 Å². The second-order valence-electron chi connectivity index (χ2n) is 7.44. The molecule has 0 bridgehead atoms. The lowest BCUT2D eigenvalue weighted by atomic mass is 10.2. The molecule has 3 aromatic rings. The smallest absolute Gasteiger partial charge is 0.275 e. The van der Waals surface area contributed by atoms with Crippen LogP contribution in [0.5, 0.6) is 0 Å². The summed E-state index contributed by atoms with van der Waals surface area (Å²) in [6.45, 7) is 3.15. The van der Waals surface area contributed by atoms with Gasteiger partial charge in [-0.05, 0) is 37.1 Å². The van der Waals surface area contributed by atoms with Crippen molar-refractivity contribution in [1.29, 1.82) is 0 Å². The van der Waals surface area contributed by atoms with Crippen LogP contribution in [-0.2, 0) is 6.54 Å². The van der Waals surface area contributed by atoms with Crippen molar-refractivity contribution < 1.29 is 18.1 Å². The van der Waals surface area contributed by atoms with E-state index in [2.05, 4.69) is 20.0 Å². The molecule has 5 rings (SSSR count). The number of benzene rings is 1. The lowest BCUT2D eigenvalue weighted by molar-refractivity contribution is 0.0618. The molecule has 0 atom stereocenters. The largest absolute Gasteiger partial charge is 0.448 e. The molecule has 29 heavy (non-hydrogen) atoms. The maximum Gasteiger partial charge on any atom is 0.275 e. The first kappa shape index (κ1) is 18.0. The van der Waals surface area contributed by atoms with Crippen LogP contribution in [0, 0.1) is 5.82 Å². The van der Waals surface area contributed by atoms with Gasteiger partial charge in [0.1, 0.15) is 12.1 Å². The maximum absolute atomic E-state index is 13.0. The number of hydrogen-bond acceptors (Lipinski definition) is 7. The van der Waals surface area contributed by atoms with Gasteiger partial charge >= 0.3 is 0 Å². The van der Waals surface area contributed by atoms with E-state index < -0.39 is 0 Å². The monoisotopic (exact) mass is 397 g/mol. The van der Waals surface area contributed by atoms with E-state index in [4.69, 9.17) is 8.94 Å². The molecule has 2 aromatic heterocycles. The highest BCUT2D eigenvalue weighted by Gasteiger charge is 2.31. The van der Waals surface area contributed by atoms with Gasteiger partial charge in [0.2, 0.25) is 0 Å². The van der Waals surface area contributed by atoms with Crippen LogP contribution in [0.4, 0.5) is 4.39 Å². The summed E-state index contributed by atoms with van der Waals surface area (Å²) in [6.07, 6.45) is 3.65. The molecule has 0 spiro atoms. The average molecular weight is 397 g/mol. The summed E-state index contributed by atoms with van der Waals surface area (Å²) in [7, 11) is 0. The molecule has 0 radical (unpaired) electrons. The molecule has 0 unspecified atom stereocenters. The minimum Gasteiger partial charge on any atom is -0.448 e. The van der Waals surface area contributed by atoms with E-state index in [0.717, 1.165) is 12.8 Å².